The highest BCUT2D eigenvalue weighted by atomic mass is 16.2. The Morgan fingerprint density at radius 1 is 0.963 bits per heavy atom. The van der Waals surface area contributed by atoms with Gasteiger partial charge in [0, 0.05) is 30.0 Å². The Balaban J connectivity index is 2.48. The summed E-state index contributed by atoms with van der Waals surface area (Å²) in [4.78, 5) is 27.3. The number of likely N-dealkylation sites (tertiary alicyclic amines) is 1. The van der Waals surface area contributed by atoms with Crippen LogP contribution in [0.1, 0.15) is 99.3 Å². The SMILES string of the molecule is CCCCCC(C)(CCC)NCC(=O)N1CCC(C(=O)C(C)(C)CC)CC1. The number of carbonyl (C=O) groups is 2. The number of nitrogens with one attached hydrogen (secondary N) is 1. The molecule has 1 atom stereocenters. The molecule has 158 valence electrons. The Hall–Kier alpha value is -0.900. The van der Waals surface area contributed by atoms with Gasteiger partial charge in [-0.2, -0.15) is 0 Å². The molecule has 1 aliphatic rings. The molecule has 1 heterocycles. The minimum Gasteiger partial charge on any atom is -0.342 e. The van der Waals surface area contributed by atoms with Crippen LogP contribution >= 0.6 is 0 Å². The van der Waals surface area contributed by atoms with Gasteiger partial charge in [-0.15, -0.1) is 0 Å². The lowest BCUT2D eigenvalue weighted by Crippen LogP contribution is -2.50. The summed E-state index contributed by atoms with van der Waals surface area (Å²) in [7, 11) is 0. The number of hydrogen-bond donors (Lipinski definition) is 1. The van der Waals surface area contributed by atoms with E-state index in [-0.39, 0.29) is 22.8 Å². The molecule has 1 fully saturated rings. The molecule has 0 aromatic heterocycles. The summed E-state index contributed by atoms with van der Waals surface area (Å²) in [6.45, 7) is 14.7. The highest BCUT2D eigenvalue weighted by Crippen LogP contribution is 2.30. The fraction of sp³-hybridized carbons (Fsp3) is 0.913. The van der Waals surface area contributed by atoms with E-state index >= 15 is 0 Å². The van der Waals surface area contributed by atoms with Crippen molar-refractivity contribution in [3.8, 4) is 0 Å². The molecular formula is C23H44N2O2. The van der Waals surface area contributed by atoms with Crippen molar-refractivity contribution in [2.75, 3.05) is 19.6 Å². The molecule has 0 saturated carbocycles. The van der Waals surface area contributed by atoms with E-state index in [1.54, 1.807) is 0 Å². The number of piperidine rings is 1. The number of hydrogen-bond acceptors (Lipinski definition) is 3. The molecule has 0 spiro atoms. The van der Waals surface area contributed by atoms with Gasteiger partial charge in [0.25, 0.3) is 0 Å². The van der Waals surface area contributed by atoms with Crippen LogP contribution in [-0.2, 0) is 9.59 Å². The zero-order valence-corrected chi connectivity index (χ0v) is 18.8. The molecule has 1 amide bonds. The summed E-state index contributed by atoms with van der Waals surface area (Å²) in [5.41, 5.74) is -0.183. The lowest BCUT2D eigenvalue weighted by atomic mass is 9.76. The molecule has 0 aromatic rings. The van der Waals surface area contributed by atoms with Crippen LogP contribution in [0.2, 0.25) is 0 Å². The van der Waals surface area contributed by atoms with Crippen LogP contribution in [0.3, 0.4) is 0 Å². The lowest BCUT2D eigenvalue weighted by Gasteiger charge is -2.36. The van der Waals surface area contributed by atoms with Gasteiger partial charge >= 0.3 is 0 Å². The molecule has 4 heteroatoms. The molecule has 1 N–H and O–H groups in total. The monoisotopic (exact) mass is 380 g/mol. The maximum atomic E-state index is 12.7. The average Bonchev–Trinajstić information content (AvgIpc) is 2.66. The fourth-order valence-corrected chi connectivity index (χ4v) is 4.14. The Kier molecular flexibility index (Phi) is 10.0. The van der Waals surface area contributed by atoms with Gasteiger partial charge in [0.15, 0.2) is 0 Å². The van der Waals surface area contributed by atoms with E-state index in [1.807, 2.05) is 18.7 Å². The van der Waals surface area contributed by atoms with E-state index in [0.717, 1.165) is 51.6 Å². The maximum Gasteiger partial charge on any atom is 0.236 e. The average molecular weight is 381 g/mol. The highest BCUT2D eigenvalue weighted by Gasteiger charge is 2.35. The number of amides is 1. The van der Waals surface area contributed by atoms with Crippen molar-refractivity contribution in [2.24, 2.45) is 11.3 Å². The molecule has 0 aromatic carbocycles. The second-order valence-electron chi connectivity index (χ2n) is 9.38. The van der Waals surface area contributed by atoms with Gasteiger partial charge in [-0.1, -0.05) is 60.3 Å². The van der Waals surface area contributed by atoms with Crippen molar-refractivity contribution in [1.29, 1.82) is 0 Å². The zero-order chi connectivity index (χ0) is 20.5. The van der Waals surface area contributed by atoms with Gasteiger partial charge in [-0.25, -0.2) is 0 Å². The molecule has 0 radical (unpaired) electrons. The second kappa shape index (κ2) is 11.2. The molecular weight excluding hydrogens is 336 g/mol. The van der Waals surface area contributed by atoms with Gasteiger partial charge in [0.05, 0.1) is 6.54 Å². The third-order valence-corrected chi connectivity index (χ3v) is 6.57. The molecule has 4 nitrogen and oxygen atoms in total. The first-order valence-electron chi connectivity index (χ1n) is 11.3. The van der Waals surface area contributed by atoms with Crippen molar-refractivity contribution in [3.05, 3.63) is 0 Å². The van der Waals surface area contributed by atoms with E-state index in [1.165, 1.54) is 19.3 Å². The first-order valence-corrected chi connectivity index (χ1v) is 11.3. The molecule has 0 aliphatic carbocycles. The number of nitrogens with zero attached hydrogens (tertiary/aromatic N) is 1. The first kappa shape index (κ1) is 24.1. The number of rotatable bonds is 12. The molecule has 0 bridgehead atoms. The van der Waals surface area contributed by atoms with Crippen LogP contribution in [-0.4, -0.2) is 41.8 Å². The van der Waals surface area contributed by atoms with Crippen LogP contribution in [0.25, 0.3) is 0 Å². The van der Waals surface area contributed by atoms with Gasteiger partial charge < -0.3 is 10.2 Å². The fourth-order valence-electron chi connectivity index (χ4n) is 4.14. The van der Waals surface area contributed by atoms with Crippen molar-refractivity contribution < 1.29 is 9.59 Å². The standard InChI is InChI=1S/C23H44N2O2/c1-7-10-11-15-23(6,14-8-2)24-18-20(26)25-16-12-19(13-17-25)21(27)22(4,5)9-3/h19,24H,7-18H2,1-6H3. The normalized spacial score (nSPS) is 18.4. The largest absolute Gasteiger partial charge is 0.342 e. The molecule has 1 aliphatic heterocycles. The molecule has 1 saturated heterocycles. The van der Waals surface area contributed by atoms with Crippen LogP contribution in [0.4, 0.5) is 0 Å². The maximum absolute atomic E-state index is 12.7. The molecule has 27 heavy (non-hydrogen) atoms. The predicted molar refractivity (Wildman–Crippen MR) is 114 cm³/mol. The van der Waals surface area contributed by atoms with Crippen molar-refractivity contribution in [2.45, 2.75) is 105 Å². The van der Waals surface area contributed by atoms with Gasteiger partial charge in [-0.05, 0) is 39.0 Å². The van der Waals surface area contributed by atoms with Crippen molar-refractivity contribution in [1.82, 2.24) is 10.2 Å². The Labute approximate surface area is 167 Å². The van der Waals surface area contributed by atoms with E-state index in [4.69, 9.17) is 0 Å². The summed E-state index contributed by atoms with van der Waals surface area (Å²) in [6.07, 6.45) is 9.57. The van der Waals surface area contributed by atoms with E-state index in [0.29, 0.717) is 12.3 Å². The van der Waals surface area contributed by atoms with Crippen molar-refractivity contribution in [3.63, 3.8) is 0 Å². The summed E-state index contributed by atoms with van der Waals surface area (Å²) in [5, 5.41) is 3.56. The summed E-state index contributed by atoms with van der Waals surface area (Å²) >= 11 is 0. The predicted octanol–water partition coefficient (Wildman–Crippen LogP) is 4.96. The van der Waals surface area contributed by atoms with E-state index < -0.39 is 0 Å². The van der Waals surface area contributed by atoms with E-state index in [2.05, 4.69) is 33.0 Å². The minimum atomic E-state index is -0.237. The topological polar surface area (TPSA) is 49.4 Å². The number of ketones is 1. The van der Waals surface area contributed by atoms with Gasteiger partial charge in [0.1, 0.15) is 5.78 Å². The Morgan fingerprint density at radius 2 is 1.59 bits per heavy atom. The molecule has 1 unspecified atom stereocenters. The summed E-state index contributed by atoms with van der Waals surface area (Å²) in [5.74, 6) is 0.687. The second-order valence-corrected chi connectivity index (χ2v) is 9.38. The van der Waals surface area contributed by atoms with Gasteiger partial charge in [-0.3, -0.25) is 9.59 Å². The zero-order valence-electron chi connectivity index (χ0n) is 18.8. The van der Waals surface area contributed by atoms with E-state index in [9.17, 15) is 9.59 Å². The Morgan fingerprint density at radius 3 is 2.11 bits per heavy atom. The summed E-state index contributed by atoms with van der Waals surface area (Å²) < 4.78 is 0. The lowest BCUT2D eigenvalue weighted by molar-refractivity contribution is -0.137. The smallest absolute Gasteiger partial charge is 0.236 e. The minimum absolute atomic E-state index is 0.0546. The first-order chi connectivity index (χ1) is 12.7. The highest BCUT2D eigenvalue weighted by molar-refractivity contribution is 5.86. The third-order valence-electron chi connectivity index (χ3n) is 6.57. The summed E-state index contributed by atoms with van der Waals surface area (Å²) in [6, 6.07) is 0. The van der Waals surface area contributed by atoms with Crippen molar-refractivity contribution >= 4 is 11.7 Å². The van der Waals surface area contributed by atoms with Crippen LogP contribution in [0, 0.1) is 11.3 Å². The quantitative estimate of drug-likeness (QED) is 0.487. The van der Waals surface area contributed by atoms with Crippen LogP contribution < -0.4 is 5.32 Å². The van der Waals surface area contributed by atoms with Gasteiger partial charge in [0.2, 0.25) is 5.91 Å². The number of unbranched alkanes of at least 4 members (excludes halogenated alkanes) is 2. The van der Waals surface area contributed by atoms with Crippen LogP contribution in [0.15, 0.2) is 0 Å². The molecule has 1 rings (SSSR count). The van der Waals surface area contributed by atoms with Crippen LogP contribution in [0.5, 0.6) is 0 Å². The number of Topliss-reactive ketones (excluding diaryl/α,β-unsaturated/α-hetero) is 1. The number of carbonyl (C=O) groups excluding carboxylic acids is 2. The third kappa shape index (κ3) is 7.56. The Bertz CT molecular complexity index is 467.